The Morgan fingerprint density at radius 1 is 1.17 bits per heavy atom. The van der Waals surface area contributed by atoms with Gasteiger partial charge in [0.15, 0.2) is 0 Å². The number of fused-ring (bicyclic) bond motifs is 2. The fourth-order valence-electron chi connectivity index (χ4n) is 4.91. The van der Waals surface area contributed by atoms with Crippen LogP contribution in [0.4, 0.5) is 11.4 Å². The van der Waals surface area contributed by atoms with Crippen LogP contribution in [0.1, 0.15) is 5.56 Å². The first-order valence-electron chi connectivity index (χ1n) is 12.9. The topological polar surface area (TPSA) is 150 Å². The summed E-state index contributed by atoms with van der Waals surface area (Å²) < 4.78 is 7.38. The molecule has 3 aromatic heterocycles. The Balaban J connectivity index is 1.31. The van der Waals surface area contributed by atoms with E-state index < -0.39 is 24.1 Å². The second kappa shape index (κ2) is 10.6. The number of rotatable bonds is 8. The quantitative estimate of drug-likeness (QED) is 0.193. The molecule has 0 aliphatic carbocycles. The zero-order valence-corrected chi connectivity index (χ0v) is 22.3. The van der Waals surface area contributed by atoms with Gasteiger partial charge in [-0.15, -0.1) is 0 Å². The number of aromatic amines is 2. The lowest BCUT2D eigenvalue weighted by molar-refractivity contribution is -0.117. The smallest absolute Gasteiger partial charge is 0.261 e. The Morgan fingerprint density at radius 3 is 2.80 bits per heavy atom. The number of anilines is 2. The van der Waals surface area contributed by atoms with Crippen molar-refractivity contribution in [2.75, 3.05) is 24.4 Å². The van der Waals surface area contributed by atoms with Gasteiger partial charge in [0.05, 0.1) is 36.8 Å². The molecule has 6 aromatic rings. The number of pyridine rings is 1. The van der Waals surface area contributed by atoms with Crippen LogP contribution in [0.5, 0.6) is 5.75 Å². The molecule has 0 radical (unpaired) electrons. The van der Waals surface area contributed by atoms with Crippen LogP contribution in [0.3, 0.4) is 0 Å². The summed E-state index contributed by atoms with van der Waals surface area (Å²) in [5.74, 6) is 0.452. The standard InChI is InChI=1S/C30H27N7O4/c1-17-11-20(37-10-9-31-16-37)14-23-27(17)36-28(35-23)26-22(7-8-32-30(26)40)34-24(15-38)29(39)33-19-12-18-5-3-4-6-21(18)25(13-19)41-2/h3-14,16,24,38H,15H2,1-2H3,(H,33,39)(H,35,36)(H2,32,34,40). The number of imidazole rings is 2. The van der Waals surface area contributed by atoms with Crippen LogP contribution in [0.2, 0.25) is 0 Å². The highest BCUT2D eigenvalue weighted by atomic mass is 16.5. The lowest BCUT2D eigenvalue weighted by Gasteiger charge is -2.19. The zero-order chi connectivity index (χ0) is 28.5. The number of amides is 1. The van der Waals surface area contributed by atoms with Crippen LogP contribution in [0.15, 0.2) is 84.3 Å². The molecule has 3 aromatic carbocycles. The van der Waals surface area contributed by atoms with E-state index >= 15 is 0 Å². The minimum absolute atomic E-state index is 0.214. The van der Waals surface area contributed by atoms with Gasteiger partial charge in [-0.3, -0.25) is 9.59 Å². The molecular formula is C30H27N7O4. The van der Waals surface area contributed by atoms with Gasteiger partial charge in [-0.05, 0) is 42.1 Å². The molecule has 3 heterocycles. The van der Waals surface area contributed by atoms with Crippen molar-refractivity contribution in [2.45, 2.75) is 13.0 Å². The molecule has 5 N–H and O–H groups in total. The highest BCUT2D eigenvalue weighted by Crippen LogP contribution is 2.31. The number of aliphatic hydroxyl groups excluding tert-OH is 1. The first-order chi connectivity index (χ1) is 19.9. The van der Waals surface area contributed by atoms with E-state index in [9.17, 15) is 14.7 Å². The van der Waals surface area contributed by atoms with Crippen molar-refractivity contribution in [3.8, 4) is 22.8 Å². The Labute approximate surface area is 233 Å². The van der Waals surface area contributed by atoms with Crippen LogP contribution in [0.25, 0.3) is 38.9 Å². The SMILES string of the molecule is COc1cc(NC(=O)C(CO)Nc2cc[nH]c(=O)c2-c2nc3c(C)cc(-n4ccnc4)cc3[nH]2)cc2ccccc12. The van der Waals surface area contributed by atoms with Crippen molar-refractivity contribution in [3.63, 3.8) is 0 Å². The van der Waals surface area contributed by atoms with Crippen LogP contribution < -0.4 is 20.9 Å². The molecule has 206 valence electrons. The molecule has 0 spiro atoms. The predicted octanol–water partition coefficient (Wildman–Crippen LogP) is 3.99. The Hall–Kier alpha value is -5.42. The van der Waals surface area contributed by atoms with Crippen LogP contribution in [-0.4, -0.2) is 55.3 Å². The molecule has 0 aliphatic rings. The van der Waals surface area contributed by atoms with Gasteiger partial charge in [-0.25, -0.2) is 9.97 Å². The second-order valence-electron chi connectivity index (χ2n) is 9.58. The van der Waals surface area contributed by atoms with E-state index in [1.54, 1.807) is 31.8 Å². The van der Waals surface area contributed by atoms with Gasteiger partial charge in [-0.1, -0.05) is 24.3 Å². The molecule has 1 unspecified atom stereocenters. The van der Waals surface area contributed by atoms with Crippen LogP contribution >= 0.6 is 0 Å². The van der Waals surface area contributed by atoms with Crippen molar-refractivity contribution >= 4 is 39.1 Å². The summed E-state index contributed by atoms with van der Waals surface area (Å²) in [6.45, 7) is 1.42. The summed E-state index contributed by atoms with van der Waals surface area (Å²) in [4.78, 5) is 41.0. The average Bonchev–Trinajstić information content (AvgIpc) is 3.66. The number of nitrogens with zero attached hydrogens (tertiary/aromatic N) is 3. The van der Waals surface area contributed by atoms with Crippen molar-refractivity contribution in [2.24, 2.45) is 0 Å². The van der Waals surface area contributed by atoms with E-state index in [1.165, 1.54) is 6.20 Å². The Kier molecular flexibility index (Phi) is 6.70. The number of carbonyl (C=O) groups excluding carboxylic acids is 1. The third-order valence-electron chi connectivity index (χ3n) is 6.90. The molecule has 1 atom stereocenters. The summed E-state index contributed by atoms with van der Waals surface area (Å²) in [6, 6.07) is 15.7. The molecule has 1 amide bonds. The van der Waals surface area contributed by atoms with E-state index in [-0.39, 0.29) is 5.56 Å². The third-order valence-corrected chi connectivity index (χ3v) is 6.90. The summed E-state index contributed by atoms with van der Waals surface area (Å²) in [7, 11) is 1.57. The molecule has 11 nitrogen and oxygen atoms in total. The van der Waals surface area contributed by atoms with E-state index in [0.717, 1.165) is 27.5 Å². The molecule has 0 saturated heterocycles. The lowest BCUT2D eigenvalue weighted by Crippen LogP contribution is -2.38. The van der Waals surface area contributed by atoms with Crippen LogP contribution in [-0.2, 0) is 4.79 Å². The maximum Gasteiger partial charge on any atom is 0.261 e. The highest BCUT2D eigenvalue weighted by Gasteiger charge is 2.22. The summed E-state index contributed by atoms with van der Waals surface area (Å²) in [5, 5.41) is 17.8. The molecule has 0 aliphatic heterocycles. The van der Waals surface area contributed by atoms with Crippen molar-refractivity contribution in [1.82, 2.24) is 24.5 Å². The largest absolute Gasteiger partial charge is 0.496 e. The van der Waals surface area contributed by atoms with Crippen LogP contribution in [0, 0.1) is 6.92 Å². The molecule has 0 saturated carbocycles. The number of nitrogens with one attached hydrogen (secondary N) is 4. The molecular weight excluding hydrogens is 522 g/mol. The minimum Gasteiger partial charge on any atom is -0.496 e. The molecule has 0 fully saturated rings. The van der Waals surface area contributed by atoms with E-state index in [2.05, 4.69) is 25.6 Å². The highest BCUT2D eigenvalue weighted by molar-refractivity contribution is 6.00. The van der Waals surface area contributed by atoms with Gasteiger partial charge < -0.3 is 35.0 Å². The molecule has 11 heteroatoms. The molecule has 0 bridgehead atoms. The molecule has 6 rings (SSSR count). The first-order valence-corrected chi connectivity index (χ1v) is 12.9. The van der Waals surface area contributed by atoms with Crippen molar-refractivity contribution in [1.29, 1.82) is 0 Å². The number of benzene rings is 3. The van der Waals surface area contributed by atoms with Crippen molar-refractivity contribution < 1.29 is 14.6 Å². The summed E-state index contributed by atoms with van der Waals surface area (Å²) in [6.07, 6.45) is 6.72. The fourth-order valence-corrected chi connectivity index (χ4v) is 4.91. The van der Waals surface area contributed by atoms with Gasteiger partial charge in [0, 0.05) is 41.4 Å². The summed E-state index contributed by atoms with van der Waals surface area (Å²) in [5.41, 5.74) is 3.91. The average molecular weight is 550 g/mol. The third kappa shape index (κ3) is 4.90. The number of H-pyrrole nitrogens is 2. The molecule has 41 heavy (non-hydrogen) atoms. The van der Waals surface area contributed by atoms with Gasteiger partial charge in [0.2, 0.25) is 5.91 Å². The summed E-state index contributed by atoms with van der Waals surface area (Å²) >= 11 is 0. The number of aliphatic hydroxyl groups is 1. The minimum atomic E-state index is -1.06. The van der Waals surface area contributed by atoms with E-state index in [1.807, 2.05) is 60.2 Å². The Bertz CT molecular complexity index is 1940. The second-order valence-corrected chi connectivity index (χ2v) is 9.58. The zero-order valence-electron chi connectivity index (χ0n) is 22.3. The lowest BCUT2D eigenvalue weighted by atomic mass is 10.1. The normalized spacial score (nSPS) is 12.0. The number of aromatic nitrogens is 5. The van der Waals surface area contributed by atoms with Gasteiger partial charge in [-0.2, -0.15) is 0 Å². The number of carbonyl (C=O) groups is 1. The van der Waals surface area contributed by atoms with Crippen molar-refractivity contribution in [3.05, 3.63) is 95.4 Å². The predicted molar refractivity (Wildman–Crippen MR) is 158 cm³/mol. The van der Waals surface area contributed by atoms with E-state index in [4.69, 9.17) is 9.72 Å². The maximum atomic E-state index is 13.3. The maximum absolute atomic E-state index is 13.3. The van der Waals surface area contributed by atoms with Gasteiger partial charge in [0.25, 0.3) is 5.56 Å². The Morgan fingerprint density at radius 2 is 2.02 bits per heavy atom. The number of ether oxygens (including phenoxy) is 1. The van der Waals surface area contributed by atoms with Gasteiger partial charge >= 0.3 is 0 Å². The number of methoxy groups -OCH3 is 1. The number of aryl methyl sites for hydroxylation is 1. The van der Waals surface area contributed by atoms with Gasteiger partial charge in [0.1, 0.15) is 23.2 Å². The fraction of sp³-hybridized carbons (Fsp3) is 0.133. The monoisotopic (exact) mass is 549 g/mol. The first kappa shape index (κ1) is 25.8. The van der Waals surface area contributed by atoms with E-state index in [0.29, 0.717) is 28.5 Å². The number of hydrogen-bond acceptors (Lipinski definition) is 7. The number of hydrogen-bond donors (Lipinski definition) is 5.